The van der Waals surface area contributed by atoms with Crippen LogP contribution in [0, 0.1) is 0 Å². The Hall–Kier alpha value is -1.46. The second-order valence-corrected chi connectivity index (χ2v) is 3.87. The number of carboxylic acids is 1. The molecule has 0 saturated carbocycles. The second-order valence-electron chi connectivity index (χ2n) is 2.33. The van der Waals surface area contributed by atoms with Gasteiger partial charge >= 0.3 is 27.8 Å². The number of halogens is 6. The lowest BCUT2D eigenvalue weighted by molar-refractivity contribution is -0.135. The summed E-state index contributed by atoms with van der Waals surface area (Å²) in [7, 11) is -6.58. The Bertz CT molecular complexity index is 429. The minimum Gasteiger partial charge on any atom is -0.478 e. The molecule has 0 aromatic heterocycles. The molecule has 12 heteroatoms. The van der Waals surface area contributed by atoms with E-state index in [0.717, 1.165) is 0 Å². The van der Waals surface area contributed by atoms with Crippen molar-refractivity contribution in [3.8, 4) is 0 Å². The lowest BCUT2D eigenvalue weighted by Crippen LogP contribution is -2.29. The largest absolute Gasteiger partial charge is 0.534 e. The van der Waals surface area contributed by atoms with Gasteiger partial charge in [-0.2, -0.15) is 34.8 Å². The highest BCUT2D eigenvalue weighted by molar-refractivity contribution is 7.87. The number of carboxylic acid groups (broad SMARTS) is 1. The molecule has 0 aliphatic carbocycles. The topological polar surface area (TPSA) is 80.7 Å². The fourth-order valence-corrected chi connectivity index (χ4v) is 0.904. The van der Waals surface area contributed by atoms with Gasteiger partial charge in [0.25, 0.3) is 0 Å². The van der Waals surface area contributed by atoms with E-state index in [9.17, 15) is 39.6 Å². The highest BCUT2D eigenvalue weighted by Gasteiger charge is 2.52. The van der Waals surface area contributed by atoms with E-state index in [1.54, 1.807) is 0 Å². The summed E-state index contributed by atoms with van der Waals surface area (Å²) in [6.45, 7) is 0. The summed E-state index contributed by atoms with van der Waals surface area (Å²) < 4.78 is 93.8. The Balaban J connectivity index is 5.40. The third-order valence-electron chi connectivity index (χ3n) is 1.02. The van der Waals surface area contributed by atoms with Gasteiger partial charge in [-0.25, -0.2) is 4.79 Å². The predicted molar refractivity (Wildman–Crippen MR) is 37.8 cm³/mol. The molecule has 0 spiro atoms. The van der Waals surface area contributed by atoms with E-state index < -0.39 is 39.6 Å². The van der Waals surface area contributed by atoms with Crippen LogP contribution in [0.3, 0.4) is 0 Å². The van der Waals surface area contributed by atoms with Gasteiger partial charge in [0.2, 0.25) is 5.76 Å². The number of carbonyl (C=O) groups is 1. The summed E-state index contributed by atoms with van der Waals surface area (Å²) in [6, 6.07) is 0. The fourth-order valence-electron chi connectivity index (χ4n) is 0.431. The SMILES string of the molecule is O=C(O)/C=C(\OS(=O)(=O)C(F)(F)F)C(F)(F)F. The summed E-state index contributed by atoms with van der Waals surface area (Å²) in [4.78, 5) is 9.86. The molecule has 17 heavy (non-hydrogen) atoms. The first-order valence-electron chi connectivity index (χ1n) is 3.30. The van der Waals surface area contributed by atoms with Crippen LogP contribution in [-0.2, 0) is 19.1 Å². The molecule has 0 rings (SSSR count). The van der Waals surface area contributed by atoms with Gasteiger partial charge in [-0.3, -0.25) is 0 Å². The van der Waals surface area contributed by atoms with Gasteiger partial charge in [0, 0.05) is 0 Å². The van der Waals surface area contributed by atoms with Crippen LogP contribution < -0.4 is 0 Å². The minimum absolute atomic E-state index is 0.844. The maximum Gasteiger partial charge on any atom is 0.534 e. The average Bonchev–Trinajstić information content (AvgIpc) is 1.97. The van der Waals surface area contributed by atoms with Crippen molar-refractivity contribution >= 4 is 16.1 Å². The van der Waals surface area contributed by atoms with Gasteiger partial charge in [0.1, 0.15) is 0 Å². The summed E-state index contributed by atoms with van der Waals surface area (Å²) in [5, 5.41) is 7.91. The van der Waals surface area contributed by atoms with Crippen LogP contribution >= 0.6 is 0 Å². The Morgan fingerprint density at radius 3 is 1.76 bits per heavy atom. The maximum atomic E-state index is 11.9. The number of aliphatic carboxylic acids is 1. The van der Waals surface area contributed by atoms with Gasteiger partial charge in [-0.1, -0.05) is 0 Å². The molecule has 0 aliphatic heterocycles. The normalized spacial score (nSPS) is 14.6. The molecule has 1 N–H and O–H groups in total. The number of alkyl halides is 6. The van der Waals surface area contributed by atoms with Crippen LogP contribution in [0.2, 0.25) is 0 Å². The summed E-state index contributed by atoms with van der Waals surface area (Å²) in [5.74, 6) is -5.13. The number of rotatable bonds is 3. The average molecular weight is 288 g/mol. The van der Waals surface area contributed by atoms with Crippen LogP contribution in [0.1, 0.15) is 0 Å². The summed E-state index contributed by atoms with van der Waals surface area (Å²) in [6.07, 6.45) is -6.54. The second kappa shape index (κ2) is 4.43. The Morgan fingerprint density at radius 2 is 1.53 bits per heavy atom. The zero-order chi connectivity index (χ0) is 14.1. The molecule has 100 valence electrons. The zero-order valence-electron chi connectivity index (χ0n) is 7.33. The van der Waals surface area contributed by atoms with Crippen LogP contribution in [0.4, 0.5) is 26.3 Å². The van der Waals surface area contributed by atoms with Crippen LogP contribution in [0.25, 0.3) is 0 Å². The highest BCUT2D eigenvalue weighted by atomic mass is 32.2. The summed E-state index contributed by atoms with van der Waals surface area (Å²) in [5.41, 5.74) is -6.10. The molecule has 0 fully saturated rings. The molecule has 5 nitrogen and oxygen atoms in total. The van der Waals surface area contributed by atoms with E-state index in [4.69, 9.17) is 5.11 Å². The maximum absolute atomic E-state index is 11.9. The lowest BCUT2D eigenvalue weighted by atomic mass is 10.4. The van der Waals surface area contributed by atoms with Crippen molar-refractivity contribution in [1.82, 2.24) is 0 Å². The van der Waals surface area contributed by atoms with E-state index in [1.807, 2.05) is 0 Å². The summed E-state index contributed by atoms with van der Waals surface area (Å²) >= 11 is 0. The van der Waals surface area contributed by atoms with Crippen molar-refractivity contribution in [2.24, 2.45) is 0 Å². The number of hydrogen-bond acceptors (Lipinski definition) is 4. The van der Waals surface area contributed by atoms with Crippen molar-refractivity contribution in [1.29, 1.82) is 0 Å². The van der Waals surface area contributed by atoms with Gasteiger partial charge in [0.15, 0.2) is 0 Å². The number of allylic oxidation sites excluding steroid dienone is 1. The highest BCUT2D eigenvalue weighted by Crippen LogP contribution is 2.33. The van der Waals surface area contributed by atoms with E-state index in [-0.39, 0.29) is 0 Å². The van der Waals surface area contributed by atoms with Crippen LogP contribution in [-0.4, -0.2) is 31.2 Å². The lowest BCUT2D eigenvalue weighted by Gasteiger charge is -2.13. The molecule has 0 aliphatic rings. The van der Waals surface area contributed by atoms with E-state index >= 15 is 0 Å². The third kappa shape index (κ3) is 4.50. The van der Waals surface area contributed by atoms with Gasteiger partial charge in [-0.15, -0.1) is 0 Å². The van der Waals surface area contributed by atoms with E-state index in [0.29, 0.717) is 0 Å². The minimum atomic E-state index is -6.58. The molecular weight excluding hydrogens is 286 g/mol. The monoisotopic (exact) mass is 288 g/mol. The first kappa shape index (κ1) is 15.5. The standard InChI is InChI=1S/C5H2F6O5S/c6-4(7,8)2(1-3(12)13)16-17(14,15)5(9,10)11/h1H,(H,12,13)/b2-1-. The Kier molecular flexibility index (Phi) is 4.05. The Labute approximate surface area is 89.4 Å². The van der Waals surface area contributed by atoms with E-state index in [2.05, 4.69) is 4.18 Å². The quantitative estimate of drug-likeness (QED) is 0.279. The molecule has 0 aromatic carbocycles. The van der Waals surface area contributed by atoms with Crippen molar-refractivity contribution in [3.63, 3.8) is 0 Å². The first-order valence-corrected chi connectivity index (χ1v) is 4.71. The van der Waals surface area contributed by atoms with Gasteiger partial charge < -0.3 is 9.29 Å². The zero-order valence-corrected chi connectivity index (χ0v) is 8.15. The predicted octanol–water partition coefficient (Wildman–Crippen LogP) is 1.38. The molecule has 0 bridgehead atoms. The molecule has 0 aromatic rings. The van der Waals surface area contributed by atoms with Gasteiger partial charge in [-0.05, 0) is 0 Å². The smallest absolute Gasteiger partial charge is 0.478 e. The van der Waals surface area contributed by atoms with Crippen molar-refractivity contribution < 1.29 is 48.8 Å². The molecule has 0 amide bonds. The molecule has 0 saturated heterocycles. The molecular formula is C5H2F6O5S. The van der Waals surface area contributed by atoms with E-state index in [1.165, 1.54) is 0 Å². The number of hydrogen-bond donors (Lipinski definition) is 1. The first-order chi connectivity index (χ1) is 7.27. The third-order valence-corrected chi connectivity index (χ3v) is 1.98. The molecule has 0 radical (unpaired) electrons. The van der Waals surface area contributed by atoms with Gasteiger partial charge in [0.05, 0.1) is 6.08 Å². The van der Waals surface area contributed by atoms with Crippen molar-refractivity contribution in [2.75, 3.05) is 0 Å². The van der Waals surface area contributed by atoms with Crippen LogP contribution in [0.5, 0.6) is 0 Å². The fraction of sp³-hybridized carbons (Fsp3) is 0.400. The molecule has 0 heterocycles. The molecule has 0 unspecified atom stereocenters. The van der Waals surface area contributed by atoms with Crippen molar-refractivity contribution in [3.05, 3.63) is 11.8 Å². The van der Waals surface area contributed by atoms with Crippen molar-refractivity contribution in [2.45, 2.75) is 11.7 Å². The molecule has 0 atom stereocenters. The Morgan fingerprint density at radius 1 is 1.12 bits per heavy atom. The van der Waals surface area contributed by atoms with Crippen LogP contribution in [0.15, 0.2) is 11.8 Å².